The van der Waals surface area contributed by atoms with E-state index in [0.29, 0.717) is 59.4 Å². The van der Waals surface area contributed by atoms with Gasteiger partial charge in [0.15, 0.2) is 0 Å². The highest BCUT2D eigenvalue weighted by atomic mass is 35.5. The Morgan fingerprint density at radius 2 is 1.96 bits per heavy atom. The number of hydrogen-bond donors (Lipinski definition) is 2. The number of carboxylic acid groups (broad SMARTS) is 1. The van der Waals surface area contributed by atoms with Gasteiger partial charge in [-0.05, 0) is 67.3 Å². The second-order valence-corrected chi connectivity index (χ2v) is 13.0. The molecule has 3 aromatic carbocycles. The minimum atomic E-state index is -1.25. The average Bonchev–Trinajstić information content (AvgIpc) is 3.67. The Kier molecular flexibility index (Phi) is 7.72. The topological polar surface area (TPSA) is 106 Å². The normalized spacial score (nSPS) is 26.2. The fraction of sp³-hybridized carbons (Fsp3) is 0.364. The highest BCUT2D eigenvalue weighted by Gasteiger charge is 2.62. The number of hydrogen-bond acceptors (Lipinski definition) is 6. The number of nitrogens with one attached hydrogen (secondary N) is 1. The molecular formula is C33H31Cl2FN4O5. The molecule has 12 heteroatoms. The highest BCUT2D eigenvalue weighted by Crippen LogP contribution is 2.53. The first kappa shape index (κ1) is 30.0. The smallest absolute Gasteiger partial charge is 0.335 e. The Hall–Kier alpha value is -3.70. The molecule has 0 bridgehead atoms. The lowest BCUT2D eigenvalue weighted by molar-refractivity contribution is -0.127. The van der Waals surface area contributed by atoms with Crippen LogP contribution in [0.2, 0.25) is 10.0 Å². The molecule has 1 amide bonds. The molecule has 3 aliphatic rings. The summed E-state index contributed by atoms with van der Waals surface area (Å²) in [5.41, 5.74) is 0.202. The molecule has 2 saturated heterocycles. The van der Waals surface area contributed by atoms with Gasteiger partial charge in [0.1, 0.15) is 18.0 Å². The molecule has 234 valence electrons. The third-order valence-electron chi connectivity index (χ3n) is 9.58. The van der Waals surface area contributed by atoms with Crippen molar-refractivity contribution < 1.29 is 28.6 Å². The lowest BCUT2D eigenvalue weighted by Gasteiger charge is -2.41. The van der Waals surface area contributed by atoms with E-state index in [4.69, 9.17) is 37.8 Å². The first-order valence-corrected chi connectivity index (χ1v) is 15.6. The number of anilines is 1. The molecular weight excluding hydrogens is 622 g/mol. The zero-order valence-corrected chi connectivity index (χ0v) is 25.9. The zero-order chi connectivity index (χ0) is 31.5. The molecule has 9 nitrogen and oxygen atoms in total. The van der Waals surface area contributed by atoms with Crippen LogP contribution in [0.4, 0.5) is 10.1 Å². The highest BCUT2D eigenvalue weighted by molar-refractivity contribution is 6.31. The lowest BCUT2D eigenvalue weighted by Crippen LogP contribution is -2.57. The van der Waals surface area contributed by atoms with Crippen molar-refractivity contribution >= 4 is 51.7 Å². The van der Waals surface area contributed by atoms with Crippen molar-refractivity contribution in [3.8, 4) is 5.88 Å². The third-order valence-corrected chi connectivity index (χ3v) is 10.1. The number of ether oxygens (including phenoxy) is 2. The van der Waals surface area contributed by atoms with Crippen LogP contribution in [0.1, 0.15) is 35.2 Å². The number of aromatic nitrogens is 2. The molecule has 0 aliphatic carbocycles. The van der Waals surface area contributed by atoms with E-state index in [1.54, 1.807) is 47.1 Å². The third kappa shape index (κ3) is 5.13. The number of nitrogens with zero attached hydrogens (tertiary/aromatic N) is 3. The van der Waals surface area contributed by atoms with Crippen molar-refractivity contribution in [2.75, 3.05) is 31.7 Å². The van der Waals surface area contributed by atoms with E-state index < -0.39 is 23.2 Å². The molecule has 0 radical (unpaired) electrons. The fourth-order valence-electron chi connectivity index (χ4n) is 7.44. The number of halogens is 3. The maximum atomic E-state index is 16.1. The number of fused-ring (bicyclic) bond motifs is 4. The van der Waals surface area contributed by atoms with Gasteiger partial charge in [-0.1, -0.05) is 41.4 Å². The molecule has 0 spiro atoms. The SMILES string of the molecule is C[C@]1(C(=O)Nc2cccc(Cl)c2)[C@@H](c2cccc(Cl)c2F)[C@@H]2Cn3nc4cc(C(=O)O)ccc4c3OC[C@@H]2N1CC1CCOC1. The zero-order valence-electron chi connectivity index (χ0n) is 24.4. The Morgan fingerprint density at radius 1 is 1.13 bits per heavy atom. The van der Waals surface area contributed by atoms with Gasteiger partial charge < -0.3 is 19.9 Å². The predicted octanol–water partition coefficient (Wildman–Crippen LogP) is 6.09. The summed E-state index contributed by atoms with van der Waals surface area (Å²) in [6.07, 6.45) is 0.842. The number of carbonyl (C=O) groups is 2. The van der Waals surface area contributed by atoms with Crippen LogP contribution in [-0.2, 0) is 16.1 Å². The van der Waals surface area contributed by atoms with Gasteiger partial charge in [0, 0.05) is 42.2 Å². The lowest BCUT2D eigenvalue weighted by atomic mass is 9.74. The minimum absolute atomic E-state index is 0.0270. The fourth-order valence-corrected chi connectivity index (χ4v) is 7.81. The Balaban J connectivity index is 1.38. The second kappa shape index (κ2) is 11.6. The molecule has 2 N–H and O–H groups in total. The van der Waals surface area contributed by atoms with Gasteiger partial charge in [-0.25, -0.2) is 13.9 Å². The number of likely N-dealkylation sites (tertiary alicyclic amines) is 1. The Labute approximate surface area is 268 Å². The average molecular weight is 654 g/mol. The summed E-state index contributed by atoms with van der Waals surface area (Å²) >= 11 is 12.6. The van der Waals surface area contributed by atoms with E-state index in [1.165, 1.54) is 18.2 Å². The number of benzene rings is 3. The van der Waals surface area contributed by atoms with Crippen LogP contribution >= 0.6 is 23.2 Å². The quantitative estimate of drug-likeness (QED) is 0.260. The van der Waals surface area contributed by atoms with E-state index in [0.717, 1.165) is 6.42 Å². The van der Waals surface area contributed by atoms with Crippen molar-refractivity contribution in [1.82, 2.24) is 14.7 Å². The summed E-state index contributed by atoms with van der Waals surface area (Å²) in [5, 5.41) is 18.5. The predicted molar refractivity (Wildman–Crippen MR) is 168 cm³/mol. The molecule has 45 heavy (non-hydrogen) atoms. The van der Waals surface area contributed by atoms with Gasteiger partial charge in [0.2, 0.25) is 11.8 Å². The Morgan fingerprint density at radius 3 is 2.71 bits per heavy atom. The summed E-state index contributed by atoms with van der Waals surface area (Å²) in [5.74, 6) is -2.26. The maximum Gasteiger partial charge on any atom is 0.335 e. The molecule has 1 unspecified atom stereocenters. The van der Waals surface area contributed by atoms with Gasteiger partial charge in [-0.3, -0.25) is 9.69 Å². The largest absolute Gasteiger partial charge is 0.478 e. The summed E-state index contributed by atoms with van der Waals surface area (Å²) in [6.45, 7) is 4.11. The number of carbonyl (C=O) groups excluding carboxylic acids is 1. The first-order valence-electron chi connectivity index (χ1n) is 14.9. The summed E-state index contributed by atoms with van der Waals surface area (Å²) in [7, 11) is 0. The van der Waals surface area contributed by atoms with Crippen molar-refractivity contribution in [3.05, 3.63) is 87.7 Å². The van der Waals surface area contributed by atoms with Crippen LogP contribution in [-0.4, -0.2) is 69.6 Å². The molecule has 3 aliphatic heterocycles. The van der Waals surface area contributed by atoms with Gasteiger partial charge in [0.25, 0.3) is 0 Å². The standard InChI is InChI=1S/C33H31Cl2FN4O5/c1-33(32(43)37-21-5-2-4-20(34)13-21)28(23-6-3-7-25(35)29(23)36)24-15-40-30(22-9-8-19(31(41)42)12-26(22)38-40)45-17-27(24)39(33)14-18-10-11-44-16-18/h2-9,12-13,18,24,27-28H,10-11,14-17H2,1H3,(H,37,43)(H,41,42)/t18?,24-,27+,28+,33-/m1/s1. The maximum absolute atomic E-state index is 16.1. The van der Waals surface area contributed by atoms with E-state index >= 15 is 4.39 Å². The molecule has 0 saturated carbocycles. The van der Waals surface area contributed by atoms with Crippen molar-refractivity contribution in [2.24, 2.45) is 11.8 Å². The van der Waals surface area contributed by atoms with Gasteiger partial charge in [-0.15, -0.1) is 0 Å². The summed E-state index contributed by atoms with van der Waals surface area (Å²) < 4.78 is 30.0. The molecule has 4 heterocycles. The summed E-state index contributed by atoms with van der Waals surface area (Å²) in [6, 6.07) is 16.2. The van der Waals surface area contributed by atoms with Gasteiger partial charge in [0.05, 0.1) is 34.1 Å². The van der Waals surface area contributed by atoms with Gasteiger partial charge in [-0.2, -0.15) is 5.10 Å². The van der Waals surface area contributed by atoms with E-state index in [1.807, 2.05) is 6.92 Å². The number of amides is 1. The van der Waals surface area contributed by atoms with Crippen molar-refractivity contribution in [3.63, 3.8) is 0 Å². The molecule has 7 rings (SSSR count). The van der Waals surface area contributed by atoms with Crippen LogP contribution in [0.15, 0.2) is 60.7 Å². The molecule has 1 aromatic heterocycles. The molecule has 2 fully saturated rings. The molecule has 4 aromatic rings. The van der Waals surface area contributed by atoms with Crippen LogP contribution < -0.4 is 10.1 Å². The number of carboxylic acids is 1. The number of aromatic carboxylic acids is 1. The van der Waals surface area contributed by atoms with E-state index in [2.05, 4.69) is 10.2 Å². The van der Waals surface area contributed by atoms with E-state index in [-0.39, 0.29) is 41.0 Å². The number of rotatable bonds is 6. The Bertz CT molecular complexity index is 1810. The van der Waals surface area contributed by atoms with Crippen LogP contribution in [0.25, 0.3) is 10.9 Å². The van der Waals surface area contributed by atoms with Crippen molar-refractivity contribution in [2.45, 2.75) is 37.4 Å². The van der Waals surface area contributed by atoms with Crippen LogP contribution in [0.5, 0.6) is 5.88 Å². The second-order valence-electron chi connectivity index (χ2n) is 12.2. The summed E-state index contributed by atoms with van der Waals surface area (Å²) in [4.78, 5) is 28.4. The minimum Gasteiger partial charge on any atom is -0.478 e. The van der Waals surface area contributed by atoms with Crippen LogP contribution in [0.3, 0.4) is 0 Å². The monoisotopic (exact) mass is 652 g/mol. The van der Waals surface area contributed by atoms with Crippen molar-refractivity contribution in [1.29, 1.82) is 0 Å². The first-order chi connectivity index (χ1) is 21.6. The van der Waals surface area contributed by atoms with E-state index in [9.17, 15) is 14.7 Å². The van der Waals surface area contributed by atoms with Gasteiger partial charge >= 0.3 is 5.97 Å². The van der Waals surface area contributed by atoms with Crippen LogP contribution in [0, 0.1) is 17.7 Å². The molecule has 5 atom stereocenters.